The molecule has 0 spiro atoms. The Morgan fingerprint density at radius 2 is 1.14 bits per heavy atom. The molecule has 0 radical (unpaired) electrons. The van der Waals surface area contributed by atoms with E-state index >= 15 is 0 Å². The number of anilines is 1. The minimum absolute atomic E-state index is 0.103. The summed E-state index contributed by atoms with van der Waals surface area (Å²) in [6.45, 7) is 7.19. The Bertz CT molecular complexity index is 2570. The molecule has 0 saturated carbocycles. The SMILES string of the molecule is C[C@H]1Cc2ccccc2N(C)[C@@H]1c1ccc(-c2ccc3c(c2)C(C)(C)c2cc(-c4ccc5ccc6cccc7ccc4c5c67)ccc2-3)cc1. The van der Waals surface area contributed by atoms with E-state index in [1.165, 1.54) is 93.6 Å². The molecular formula is C48H39N. The number of fused-ring (bicyclic) bond motifs is 4. The van der Waals surface area contributed by atoms with E-state index in [0.717, 1.165) is 6.42 Å². The van der Waals surface area contributed by atoms with Gasteiger partial charge in [-0.1, -0.05) is 142 Å². The molecule has 0 unspecified atom stereocenters. The van der Waals surface area contributed by atoms with Crippen LogP contribution in [-0.4, -0.2) is 7.05 Å². The van der Waals surface area contributed by atoms with Gasteiger partial charge < -0.3 is 4.90 Å². The molecule has 1 heteroatoms. The maximum atomic E-state index is 2.48. The van der Waals surface area contributed by atoms with E-state index < -0.39 is 0 Å². The Morgan fingerprint density at radius 3 is 1.90 bits per heavy atom. The van der Waals surface area contributed by atoms with Crippen LogP contribution in [0.1, 0.15) is 49.1 Å². The van der Waals surface area contributed by atoms with Gasteiger partial charge in [-0.3, -0.25) is 0 Å². The summed E-state index contributed by atoms with van der Waals surface area (Å²) in [5.41, 5.74) is 14.8. The molecule has 10 rings (SSSR count). The number of hydrogen-bond donors (Lipinski definition) is 0. The number of nitrogens with zero attached hydrogens (tertiary/aromatic N) is 1. The molecule has 2 atom stereocenters. The van der Waals surface area contributed by atoms with Crippen molar-refractivity contribution in [2.24, 2.45) is 5.92 Å². The fourth-order valence-corrected chi connectivity index (χ4v) is 9.51. The molecule has 0 amide bonds. The molecule has 8 aromatic carbocycles. The van der Waals surface area contributed by atoms with Gasteiger partial charge in [0, 0.05) is 18.2 Å². The molecule has 0 fully saturated rings. The van der Waals surface area contributed by atoms with E-state index in [2.05, 4.69) is 172 Å². The molecule has 2 aliphatic rings. The lowest BCUT2D eigenvalue weighted by Gasteiger charge is -2.40. The molecule has 1 nitrogen and oxygen atoms in total. The van der Waals surface area contributed by atoms with Gasteiger partial charge >= 0.3 is 0 Å². The van der Waals surface area contributed by atoms with E-state index in [9.17, 15) is 0 Å². The number of rotatable bonds is 3. The summed E-state index contributed by atoms with van der Waals surface area (Å²) >= 11 is 0. The monoisotopic (exact) mass is 629 g/mol. The molecule has 0 N–H and O–H groups in total. The van der Waals surface area contributed by atoms with Crippen molar-refractivity contribution >= 4 is 38.0 Å². The van der Waals surface area contributed by atoms with Crippen molar-refractivity contribution in [3.05, 3.63) is 162 Å². The third-order valence-electron chi connectivity index (χ3n) is 12.0. The highest BCUT2D eigenvalue weighted by Crippen LogP contribution is 2.51. The first-order chi connectivity index (χ1) is 23.9. The van der Waals surface area contributed by atoms with Crippen molar-refractivity contribution in [2.45, 2.75) is 38.6 Å². The van der Waals surface area contributed by atoms with Crippen LogP contribution < -0.4 is 4.90 Å². The molecule has 1 heterocycles. The van der Waals surface area contributed by atoms with Crippen LogP contribution in [0.2, 0.25) is 0 Å². The zero-order valence-corrected chi connectivity index (χ0v) is 28.6. The summed E-state index contributed by atoms with van der Waals surface area (Å²) in [4.78, 5) is 2.48. The third kappa shape index (κ3) is 4.12. The van der Waals surface area contributed by atoms with Crippen molar-refractivity contribution in [1.29, 1.82) is 0 Å². The largest absolute Gasteiger partial charge is 0.367 e. The van der Waals surface area contributed by atoms with Crippen molar-refractivity contribution < 1.29 is 0 Å². The normalized spacial score (nSPS) is 17.8. The Morgan fingerprint density at radius 1 is 0.551 bits per heavy atom. The topological polar surface area (TPSA) is 3.24 Å². The quantitative estimate of drug-likeness (QED) is 0.176. The molecule has 1 aliphatic carbocycles. The van der Waals surface area contributed by atoms with Crippen LogP contribution in [0, 0.1) is 5.92 Å². The number of para-hydroxylation sites is 1. The molecule has 0 aromatic heterocycles. The van der Waals surface area contributed by atoms with Gasteiger partial charge in [-0.25, -0.2) is 0 Å². The lowest BCUT2D eigenvalue weighted by Crippen LogP contribution is -2.35. The van der Waals surface area contributed by atoms with Crippen molar-refractivity contribution in [3.63, 3.8) is 0 Å². The van der Waals surface area contributed by atoms with Crippen LogP contribution in [0.5, 0.6) is 0 Å². The van der Waals surface area contributed by atoms with Crippen molar-refractivity contribution in [3.8, 4) is 33.4 Å². The third-order valence-corrected chi connectivity index (χ3v) is 12.0. The van der Waals surface area contributed by atoms with Crippen LogP contribution >= 0.6 is 0 Å². The highest BCUT2D eigenvalue weighted by Gasteiger charge is 2.36. The molecule has 49 heavy (non-hydrogen) atoms. The Labute approximate surface area is 288 Å². The predicted octanol–water partition coefficient (Wildman–Crippen LogP) is 12.6. The zero-order valence-electron chi connectivity index (χ0n) is 28.6. The molecule has 0 bridgehead atoms. The molecule has 8 aromatic rings. The van der Waals surface area contributed by atoms with Gasteiger partial charge in [0.25, 0.3) is 0 Å². The highest BCUT2D eigenvalue weighted by atomic mass is 15.1. The summed E-state index contributed by atoms with van der Waals surface area (Å²) in [6.07, 6.45) is 1.12. The maximum Gasteiger partial charge on any atom is 0.0567 e. The molecular weight excluding hydrogens is 591 g/mol. The van der Waals surface area contributed by atoms with E-state index in [0.29, 0.717) is 12.0 Å². The standard InChI is InChI=1S/C48H39N/c1-29-26-37-8-5-6-11-44(37)49(4)47(29)34-16-12-30(13-17-34)35-20-23-39-40-24-21-36(28-43(40)48(2,3)42(39)27-35)38-22-18-33-15-14-31-9-7-10-32-19-25-41(38)46(33)45(31)32/h5-25,27-29,47H,26H2,1-4H3/t29-,47-/m0/s1. The number of hydrogen-bond acceptors (Lipinski definition) is 1. The summed E-state index contributed by atoms with van der Waals surface area (Å²) in [5, 5.41) is 8.01. The first-order valence-electron chi connectivity index (χ1n) is 17.7. The first-order valence-corrected chi connectivity index (χ1v) is 17.7. The van der Waals surface area contributed by atoms with Crippen LogP contribution in [0.25, 0.3) is 65.7 Å². The summed E-state index contributed by atoms with van der Waals surface area (Å²) in [6, 6.07) is 53.4. The fraction of sp³-hybridized carbons (Fsp3) is 0.167. The fourth-order valence-electron chi connectivity index (χ4n) is 9.51. The summed E-state index contributed by atoms with van der Waals surface area (Å²) < 4.78 is 0. The number of benzene rings is 8. The summed E-state index contributed by atoms with van der Waals surface area (Å²) in [7, 11) is 2.25. The maximum absolute atomic E-state index is 2.48. The molecule has 236 valence electrons. The van der Waals surface area contributed by atoms with Crippen LogP contribution in [0.15, 0.2) is 140 Å². The van der Waals surface area contributed by atoms with Crippen LogP contribution in [-0.2, 0) is 11.8 Å². The predicted molar refractivity (Wildman–Crippen MR) is 209 cm³/mol. The molecule has 1 aliphatic heterocycles. The van der Waals surface area contributed by atoms with E-state index in [-0.39, 0.29) is 5.41 Å². The lowest BCUT2D eigenvalue weighted by atomic mass is 9.80. The smallest absolute Gasteiger partial charge is 0.0567 e. The van der Waals surface area contributed by atoms with E-state index in [1.54, 1.807) is 0 Å². The van der Waals surface area contributed by atoms with Gasteiger partial charge in [-0.15, -0.1) is 0 Å². The molecule has 0 saturated heterocycles. The van der Waals surface area contributed by atoms with Gasteiger partial charge in [0.15, 0.2) is 0 Å². The van der Waals surface area contributed by atoms with Gasteiger partial charge in [-0.2, -0.15) is 0 Å². The lowest BCUT2D eigenvalue weighted by molar-refractivity contribution is 0.430. The van der Waals surface area contributed by atoms with Gasteiger partial charge in [0.1, 0.15) is 0 Å². The van der Waals surface area contributed by atoms with E-state index in [4.69, 9.17) is 0 Å². The van der Waals surface area contributed by atoms with E-state index in [1.807, 2.05) is 0 Å². The second-order valence-electron chi connectivity index (χ2n) is 15.1. The second-order valence-corrected chi connectivity index (χ2v) is 15.1. The summed E-state index contributed by atoms with van der Waals surface area (Å²) in [5.74, 6) is 0.552. The Hall–Kier alpha value is -5.40. The minimum Gasteiger partial charge on any atom is -0.367 e. The average Bonchev–Trinajstić information content (AvgIpc) is 3.35. The van der Waals surface area contributed by atoms with Crippen LogP contribution in [0.4, 0.5) is 5.69 Å². The Kier molecular flexibility index (Phi) is 6.01. The average molecular weight is 630 g/mol. The zero-order chi connectivity index (χ0) is 33.0. The van der Waals surface area contributed by atoms with Gasteiger partial charge in [-0.05, 0) is 118 Å². The first kappa shape index (κ1) is 28.6. The van der Waals surface area contributed by atoms with Crippen molar-refractivity contribution in [1.82, 2.24) is 0 Å². The minimum atomic E-state index is -0.103. The van der Waals surface area contributed by atoms with Crippen LogP contribution in [0.3, 0.4) is 0 Å². The Balaban J connectivity index is 1.00. The second kappa shape index (κ2) is 10.3. The van der Waals surface area contributed by atoms with Crippen molar-refractivity contribution in [2.75, 3.05) is 11.9 Å². The highest BCUT2D eigenvalue weighted by molar-refractivity contribution is 6.25. The van der Waals surface area contributed by atoms with Gasteiger partial charge in [0.05, 0.1) is 6.04 Å². The van der Waals surface area contributed by atoms with Gasteiger partial charge in [0.2, 0.25) is 0 Å².